The van der Waals surface area contributed by atoms with Crippen LogP contribution >= 0.6 is 0 Å². The van der Waals surface area contributed by atoms with Crippen molar-refractivity contribution in [3.05, 3.63) is 48.5 Å². The molecule has 23 heavy (non-hydrogen) atoms. The second-order valence-electron chi connectivity index (χ2n) is 5.40. The zero-order chi connectivity index (χ0) is 15.5. The Labute approximate surface area is 133 Å². The number of nitrogens with one attached hydrogen (secondary N) is 1. The van der Waals surface area contributed by atoms with E-state index >= 15 is 0 Å². The number of benzene rings is 2. The molecule has 1 saturated heterocycles. The number of rotatable bonds is 3. The summed E-state index contributed by atoms with van der Waals surface area (Å²) in [5.41, 5.74) is 3.66. The highest BCUT2D eigenvalue weighted by Crippen LogP contribution is 2.19. The molecule has 0 saturated carbocycles. The second-order valence-corrected chi connectivity index (χ2v) is 5.40. The second kappa shape index (κ2) is 6.13. The maximum Gasteiger partial charge on any atom is 0.113 e. The molecule has 0 atom stereocenters. The molecule has 1 N–H and O–H groups in total. The van der Waals surface area contributed by atoms with Crippen LogP contribution in [0.2, 0.25) is 0 Å². The summed E-state index contributed by atoms with van der Waals surface area (Å²) in [6.45, 7) is 3.70. The standard InChI is InChI=1S/C16H17N7/c1-2-4-16-15(3-1)19-21-23(16)14-7-5-13(6-8-14)18-20-22-11-9-17-10-12-22/h1-8,17H,9-12H2/b20-18+. The van der Waals surface area contributed by atoms with Crippen LogP contribution in [-0.4, -0.2) is 46.2 Å². The maximum atomic E-state index is 4.29. The highest BCUT2D eigenvalue weighted by molar-refractivity contribution is 5.75. The molecule has 4 rings (SSSR count). The van der Waals surface area contributed by atoms with Crippen molar-refractivity contribution in [2.75, 3.05) is 26.2 Å². The van der Waals surface area contributed by atoms with E-state index in [0.717, 1.165) is 48.6 Å². The van der Waals surface area contributed by atoms with Crippen molar-refractivity contribution in [2.24, 2.45) is 10.3 Å². The normalized spacial score (nSPS) is 15.6. The average molecular weight is 307 g/mol. The Bertz CT molecular complexity index is 816. The van der Waals surface area contributed by atoms with Crippen molar-refractivity contribution in [2.45, 2.75) is 0 Å². The maximum absolute atomic E-state index is 4.29. The zero-order valence-corrected chi connectivity index (χ0v) is 12.6. The van der Waals surface area contributed by atoms with Gasteiger partial charge in [0.2, 0.25) is 0 Å². The molecule has 2 aromatic carbocycles. The van der Waals surface area contributed by atoms with E-state index in [1.54, 1.807) is 0 Å². The molecular weight excluding hydrogens is 290 g/mol. The highest BCUT2D eigenvalue weighted by Gasteiger charge is 2.07. The molecule has 1 aromatic heterocycles. The van der Waals surface area contributed by atoms with E-state index in [-0.39, 0.29) is 0 Å². The first-order valence-electron chi connectivity index (χ1n) is 7.68. The van der Waals surface area contributed by atoms with E-state index in [0.29, 0.717) is 0 Å². The fourth-order valence-corrected chi connectivity index (χ4v) is 2.58. The smallest absolute Gasteiger partial charge is 0.113 e. The Hall–Kier alpha value is -2.80. The topological polar surface area (TPSA) is 70.7 Å². The summed E-state index contributed by atoms with van der Waals surface area (Å²) >= 11 is 0. The first-order chi connectivity index (χ1) is 11.4. The number of nitrogens with zero attached hydrogens (tertiary/aromatic N) is 6. The summed E-state index contributed by atoms with van der Waals surface area (Å²) in [6, 6.07) is 15.7. The largest absolute Gasteiger partial charge is 0.313 e. The Morgan fingerprint density at radius 3 is 2.57 bits per heavy atom. The van der Waals surface area contributed by atoms with Gasteiger partial charge >= 0.3 is 0 Å². The molecule has 1 aliphatic rings. The van der Waals surface area contributed by atoms with Gasteiger partial charge in [0.05, 0.1) is 30.0 Å². The predicted molar refractivity (Wildman–Crippen MR) is 87.8 cm³/mol. The molecule has 3 aromatic rings. The Morgan fingerprint density at radius 1 is 0.957 bits per heavy atom. The van der Waals surface area contributed by atoms with Gasteiger partial charge in [-0.1, -0.05) is 22.6 Å². The molecule has 116 valence electrons. The fourth-order valence-electron chi connectivity index (χ4n) is 2.58. The minimum atomic E-state index is 0.830. The van der Waals surface area contributed by atoms with Crippen LogP contribution in [0.15, 0.2) is 58.9 Å². The lowest BCUT2D eigenvalue weighted by molar-refractivity contribution is 0.237. The van der Waals surface area contributed by atoms with Crippen LogP contribution in [0.4, 0.5) is 5.69 Å². The first-order valence-corrected chi connectivity index (χ1v) is 7.68. The number of para-hydroxylation sites is 1. The molecule has 0 amide bonds. The molecule has 0 radical (unpaired) electrons. The van der Waals surface area contributed by atoms with Gasteiger partial charge < -0.3 is 5.32 Å². The van der Waals surface area contributed by atoms with Gasteiger partial charge in [-0.2, -0.15) is 0 Å². The van der Waals surface area contributed by atoms with E-state index < -0.39 is 0 Å². The van der Waals surface area contributed by atoms with Gasteiger partial charge in [-0.15, -0.1) is 10.2 Å². The zero-order valence-electron chi connectivity index (χ0n) is 12.6. The predicted octanol–water partition coefficient (Wildman–Crippen LogP) is 2.32. The van der Waals surface area contributed by atoms with Crippen LogP contribution < -0.4 is 5.32 Å². The molecule has 7 heteroatoms. The van der Waals surface area contributed by atoms with E-state index in [1.807, 2.05) is 58.2 Å². The minimum absolute atomic E-state index is 0.830. The summed E-state index contributed by atoms with van der Waals surface area (Å²) in [5.74, 6) is 0. The monoisotopic (exact) mass is 307 g/mol. The van der Waals surface area contributed by atoms with Gasteiger partial charge in [-0.3, -0.25) is 5.01 Å². The lowest BCUT2D eigenvalue weighted by atomic mass is 10.2. The lowest BCUT2D eigenvalue weighted by Crippen LogP contribution is -2.40. The van der Waals surface area contributed by atoms with Crippen LogP contribution in [-0.2, 0) is 0 Å². The quantitative estimate of drug-likeness (QED) is 0.754. The Balaban J connectivity index is 1.54. The molecule has 0 aliphatic carbocycles. The van der Waals surface area contributed by atoms with Gasteiger partial charge in [0, 0.05) is 13.1 Å². The van der Waals surface area contributed by atoms with Gasteiger partial charge in [0.15, 0.2) is 0 Å². The van der Waals surface area contributed by atoms with E-state index in [1.165, 1.54) is 0 Å². The number of fused-ring (bicyclic) bond motifs is 1. The molecule has 2 heterocycles. The van der Waals surface area contributed by atoms with Crippen molar-refractivity contribution in [1.82, 2.24) is 25.3 Å². The van der Waals surface area contributed by atoms with Gasteiger partial charge in [0.25, 0.3) is 0 Å². The van der Waals surface area contributed by atoms with Crippen molar-refractivity contribution in [1.29, 1.82) is 0 Å². The average Bonchev–Trinajstić information content (AvgIpc) is 3.05. The van der Waals surface area contributed by atoms with Gasteiger partial charge in [-0.05, 0) is 36.4 Å². The van der Waals surface area contributed by atoms with Crippen LogP contribution in [0, 0.1) is 0 Å². The van der Waals surface area contributed by atoms with E-state index in [4.69, 9.17) is 0 Å². The lowest BCUT2D eigenvalue weighted by Gasteiger charge is -2.22. The fraction of sp³-hybridized carbons (Fsp3) is 0.250. The molecule has 1 fully saturated rings. The third-order valence-corrected chi connectivity index (χ3v) is 3.83. The number of hydrogen-bond donors (Lipinski definition) is 1. The molecule has 7 nitrogen and oxygen atoms in total. The number of piperazine rings is 1. The summed E-state index contributed by atoms with van der Waals surface area (Å²) in [4.78, 5) is 0. The van der Waals surface area contributed by atoms with Crippen molar-refractivity contribution in [3.8, 4) is 5.69 Å². The molecule has 0 bridgehead atoms. The number of aromatic nitrogens is 3. The molecule has 1 aliphatic heterocycles. The van der Waals surface area contributed by atoms with Crippen molar-refractivity contribution < 1.29 is 0 Å². The van der Waals surface area contributed by atoms with Crippen molar-refractivity contribution >= 4 is 16.7 Å². The van der Waals surface area contributed by atoms with E-state index in [9.17, 15) is 0 Å². The van der Waals surface area contributed by atoms with Crippen molar-refractivity contribution in [3.63, 3.8) is 0 Å². The molecule has 0 spiro atoms. The summed E-state index contributed by atoms with van der Waals surface area (Å²) in [7, 11) is 0. The Kier molecular flexibility index (Phi) is 3.69. The summed E-state index contributed by atoms with van der Waals surface area (Å²) in [6.07, 6.45) is 0. The Morgan fingerprint density at radius 2 is 1.74 bits per heavy atom. The number of hydrogen-bond acceptors (Lipinski definition) is 5. The minimum Gasteiger partial charge on any atom is -0.313 e. The highest BCUT2D eigenvalue weighted by atomic mass is 15.5. The van der Waals surface area contributed by atoms with Crippen LogP contribution in [0.5, 0.6) is 0 Å². The molecular formula is C16H17N7. The summed E-state index contributed by atoms with van der Waals surface area (Å²) < 4.78 is 1.83. The third kappa shape index (κ3) is 2.91. The van der Waals surface area contributed by atoms with Gasteiger partial charge in [0.1, 0.15) is 5.52 Å². The third-order valence-electron chi connectivity index (χ3n) is 3.83. The molecule has 0 unspecified atom stereocenters. The van der Waals surface area contributed by atoms with E-state index in [2.05, 4.69) is 26.0 Å². The van der Waals surface area contributed by atoms with Crippen LogP contribution in [0.3, 0.4) is 0 Å². The van der Waals surface area contributed by atoms with Crippen LogP contribution in [0.25, 0.3) is 16.7 Å². The SMILES string of the molecule is c1ccc2c(c1)nnn2-c1ccc(/N=N/N2CCNCC2)cc1. The summed E-state index contributed by atoms with van der Waals surface area (Å²) in [5, 5.41) is 22.2. The van der Waals surface area contributed by atoms with Gasteiger partial charge in [-0.25, -0.2) is 4.68 Å². The van der Waals surface area contributed by atoms with Crippen LogP contribution in [0.1, 0.15) is 0 Å². The first kappa shape index (κ1) is 13.8.